The molecule has 2 saturated heterocycles. The Kier molecular flexibility index (Phi) is 25.9. The van der Waals surface area contributed by atoms with Crippen molar-refractivity contribution in [2.24, 2.45) is 17.4 Å². The fourth-order valence-electron chi connectivity index (χ4n) is 10.3. The third-order valence-electron chi connectivity index (χ3n) is 13.3. The molecule has 0 saturated carbocycles. The van der Waals surface area contributed by atoms with Crippen LogP contribution in [0, 0.1) is 5.92 Å². The smallest absolute Gasteiger partial charge is 0.350 e. The van der Waals surface area contributed by atoms with Crippen LogP contribution in [0.4, 0.5) is 0 Å². The average molecular weight is 911 g/mol. The minimum atomic E-state index is -0.761. The molecule has 0 unspecified atom stereocenters. The Labute approximate surface area is 381 Å². The SMILES string of the molecule is CC[C@H]1C=CCC[C@@]2(C[C@@H]3CC[C@H]4[C@H](C(=O)OCCCCCCCCCCCCCCCC(=O)N(CCCN)C[C@@H](O)CCN)[C@@]5(CCC[C@@H](C)O5)NC(=[N+]34)N2)O1.Cl.Cl.[Cl-]. The van der Waals surface area contributed by atoms with Crippen molar-refractivity contribution in [3.63, 3.8) is 0 Å². The number of aliphatic hydroxyl groups is 1. The molecule has 5 aliphatic heterocycles. The molecular weight excluding hydrogens is 827 g/mol. The van der Waals surface area contributed by atoms with E-state index in [0.29, 0.717) is 51.7 Å². The molecule has 0 aliphatic carbocycles. The van der Waals surface area contributed by atoms with Crippen molar-refractivity contribution in [2.75, 3.05) is 32.8 Å². The number of allylic oxidation sites excluding steroid dienone is 1. The molecule has 5 rings (SSSR count). The summed E-state index contributed by atoms with van der Waals surface area (Å²) in [4.78, 5) is 28.5. The van der Waals surface area contributed by atoms with Crippen molar-refractivity contribution >= 4 is 42.7 Å². The minimum Gasteiger partial charge on any atom is -1.00 e. The highest BCUT2D eigenvalue weighted by molar-refractivity contribution is 5.85. The monoisotopic (exact) mass is 909 g/mol. The van der Waals surface area contributed by atoms with Crippen molar-refractivity contribution < 1.29 is 45.9 Å². The molecule has 0 aromatic carbocycles. The summed E-state index contributed by atoms with van der Waals surface area (Å²) in [6.45, 7) is 6.73. The van der Waals surface area contributed by atoms with Crippen LogP contribution in [0.25, 0.3) is 0 Å². The first-order valence-electron chi connectivity index (χ1n) is 23.5. The van der Waals surface area contributed by atoms with E-state index in [9.17, 15) is 14.7 Å². The lowest BCUT2D eigenvalue weighted by Gasteiger charge is -2.50. The van der Waals surface area contributed by atoms with Crippen LogP contribution in [0.2, 0.25) is 0 Å². The first kappa shape index (κ1) is 54.8. The van der Waals surface area contributed by atoms with Gasteiger partial charge in [0.1, 0.15) is 0 Å². The number of aliphatic hydroxyl groups excluding tert-OH is 1. The number of nitrogens with zero attached hydrogens (tertiary/aromatic N) is 2. The van der Waals surface area contributed by atoms with Crippen LogP contribution in [0.15, 0.2) is 12.2 Å². The highest BCUT2D eigenvalue weighted by atomic mass is 35.5. The zero-order chi connectivity index (χ0) is 40.5. The zero-order valence-electron chi connectivity index (χ0n) is 37.1. The molecule has 2 spiro atoms. The number of rotatable bonds is 25. The standard InChI is InChI=1S/C45H80N6O6.3ClH/c1-3-38-22-16-17-27-44(57-38)33-36-24-25-39-41(45(28-19-21-35(2)56-45)49-43(48-44)51(36)39)42(54)55-32-18-14-12-10-8-6-4-5-7-9-11-13-15-23-40(53)50(31-20-29-46)34-37(52)26-30-47;;;/h16,22,35-39,41,52H,3-15,17-21,23-34,46-47H2,1-2H3,(H,48,49);3*1H/t35-,36+,37+,38+,39+,41-,44+,45+;;;/m1.../s1. The van der Waals surface area contributed by atoms with Crippen LogP contribution in [-0.2, 0) is 23.8 Å². The summed E-state index contributed by atoms with van der Waals surface area (Å²) in [6.07, 6.45) is 29.7. The van der Waals surface area contributed by atoms with Crippen LogP contribution >= 0.6 is 24.8 Å². The molecule has 350 valence electrons. The Morgan fingerprint density at radius 1 is 0.917 bits per heavy atom. The van der Waals surface area contributed by atoms with Gasteiger partial charge in [0.15, 0.2) is 11.6 Å². The average Bonchev–Trinajstić information content (AvgIpc) is 3.49. The molecule has 0 bridgehead atoms. The van der Waals surface area contributed by atoms with E-state index in [2.05, 4.69) is 41.2 Å². The van der Waals surface area contributed by atoms with Crippen molar-refractivity contribution in [2.45, 2.75) is 216 Å². The summed E-state index contributed by atoms with van der Waals surface area (Å²) >= 11 is 0. The van der Waals surface area contributed by atoms with Gasteiger partial charge in [0.05, 0.1) is 37.0 Å². The quantitative estimate of drug-likeness (QED) is 0.0393. The highest BCUT2D eigenvalue weighted by Gasteiger charge is 2.64. The van der Waals surface area contributed by atoms with Gasteiger partial charge in [0.2, 0.25) is 11.6 Å². The molecule has 12 nitrogen and oxygen atoms in total. The van der Waals surface area contributed by atoms with Gasteiger partial charge in [-0.15, -0.1) is 24.8 Å². The van der Waals surface area contributed by atoms with Crippen LogP contribution < -0.4 is 34.5 Å². The first-order chi connectivity index (χ1) is 27.7. The Morgan fingerprint density at radius 2 is 1.58 bits per heavy atom. The van der Waals surface area contributed by atoms with Crippen LogP contribution in [0.3, 0.4) is 0 Å². The Balaban J connectivity index is 0.00000413. The second-order valence-corrected chi connectivity index (χ2v) is 17.9. The fraction of sp³-hybridized carbons (Fsp3) is 0.889. The summed E-state index contributed by atoms with van der Waals surface area (Å²) in [7, 11) is 0. The van der Waals surface area contributed by atoms with Gasteiger partial charge in [0.25, 0.3) is 0 Å². The number of carbonyl (C=O) groups is 2. The molecular formula is C45H83Cl3N6O6. The van der Waals surface area contributed by atoms with E-state index in [0.717, 1.165) is 95.9 Å². The van der Waals surface area contributed by atoms with Crippen LogP contribution in [0.5, 0.6) is 0 Å². The zero-order valence-corrected chi connectivity index (χ0v) is 39.5. The summed E-state index contributed by atoms with van der Waals surface area (Å²) in [6, 6.07) is 0.391. The topological polar surface area (TPSA) is 164 Å². The molecule has 1 amide bonds. The number of nitrogens with one attached hydrogen (secondary N) is 2. The van der Waals surface area contributed by atoms with Gasteiger partial charge in [-0.1, -0.05) is 89.7 Å². The Bertz CT molecular complexity index is 1320. The summed E-state index contributed by atoms with van der Waals surface area (Å²) in [5.74, 6) is 0.653. The summed E-state index contributed by atoms with van der Waals surface area (Å²) < 4.78 is 22.1. The summed E-state index contributed by atoms with van der Waals surface area (Å²) in [5, 5.41) is 17.8. The molecule has 0 aromatic rings. The minimum absolute atomic E-state index is 0. The molecule has 0 aromatic heterocycles. The van der Waals surface area contributed by atoms with Crippen LogP contribution in [-0.4, -0.2) is 107 Å². The molecule has 8 atom stereocenters. The second kappa shape index (κ2) is 28.4. The second-order valence-electron chi connectivity index (χ2n) is 17.9. The van der Waals surface area contributed by atoms with E-state index in [4.69, 9.17) is 25.7 Å². The largest absolute Gasteiger partial charge is 1.00 e. The maximum absolute atomic E-state index is 14.1. The number of halogens is 3. The predicted molar refractivity (Wildman–Crippen MR) is 240 cm³/mol. The Morgan fingerprint density at radius 3 is 2.22 bits per heavy atom. The number of unbranched alkanes of at least 4 members (excludes halogenated alkanes) is 12. The third-order valence-corrected chi connectivity index (χ3v) is 13.3. The summed E-state index contributed by atoms with van der Waals surface area (Å²) in [5.41, 5.74) is 10.0. The van der Waals surface area contributed by atoms with Gasteiger partial charge in [-0.05, 0) is 84.2 Å². The number of ether oxygens (including phenoxy) is 3. The number of amides is 1. The number of guanidine groups is 1. The van der Waals surface area contributed by atoms with E-state index in [1.807, 2.05) is 0 Å². The van der Waals surface area contributed by atoms with Gasteiger partial charge in [-0.25, -0.2) is 10.6 Å². The van der Waals surface area contributed by atoms with Crippen molar-refractivity contribution in [3.05, 3.63) is 12.2 Å². The van der Waals surface area contributed by atoms with E-state index < -0.39 is 17.6 Å². The molecule has 5 aliphatic rings. The van der Waals surface area contributed by atoms with Crippen molar-refractivity contribution in [1.82, 2.24) is 15.5 Å². The number of esters is 1. The lowest BCUT2D eigenvalue weighted by Crippen LogP contribution is -3.00. The van der Waals surface area contributed by atoms with Crippen molar-refractivity contribution in [3.8, 4) is 0 Å². The van der Waals surface area contributed by atoms with Gasteiger partial charge in [0, 0.05) is 38.8 Å². The molecule has 60 heavy (non-hydrogen) atoms. The molecule has 2 fully saturated rings. The molecule has 7 N–H and O–H groups in total. The molecule has 5 heterocycles. The van der Waals surface area contributed by atoms with E-state index in [-0.39, 0.29) is 73.3 Å². The predicted octanol–water partition coefficient (Wildman–Crippen LogP) is 3.96. The maximum Gasteiger partial charge on any atom is 0.350 e. The molecule has 0 radical (unpaired) electrons. The fourth-order valence-corrected chi connectivity index (χ4v) is 10.3. The van der Waals surface area contributed by atoms with E-state index >= 15 is 0 Å². The third kappa shape index (κ3) is 15.7. The van der Waals surface area contributed by atoms with Gasteiger partial charge < -0.3 is 48.1 Å². The van der Waals surface area contributed by atoms with Gasteiger partial charge in [-0.2, -0.15) is 0 Å². The maximum atomic E-state index is 14.1. The van der Waals surface area contributed by atoms with E-state index in [1.165, 1.54) is 57.8 Å². The normalized spacial score (nSPS) is 28.3. The van der Waals surface area contributed by atoms with Gasteiger partial charge in [-0.3, -0.25) is 14.2 Å². The molecule has 15 heteroatoms. The van der Waals surface area contributed by atoms with Crippen molar-refractivity contribution in [1.29, 1.82) is 0 Å². The first-order valence-corrected chi connectivity index (χ1v) is 23.5. The number of nitrogens with two attached hydrogens (primary N) is 2. The highest BCUT2D eigenvalue weighted by Crippen LogP contribution is 2.45. The lowest BCUT2D eigenvalue weighted by atomic mass is 9.80. The number of hydrogen-bond donors (Lipinski definition) is 5. The lowest BCUT2D eigenvalue weighted by molar-refractivity contribution is -0.609. The number of carbonyl (C=O) groups excluding carboxylic acids is 2. The number of hydrogen-bond acceptors (Lipinski definition) is 10. The van der Waals surface area contributed by atoms with Crippen LogP contribution in [0.1, 0.15) is 174 Å². The Hall–Kier alpha value is -1.38. The van der Waals surface area contributed by atoms with E-state index in [1.54, 1.807) is 4.90 Å². The van der Waals surface area contributed by atoms with Gasteiger partial charge >= 0.3 is 11.9 Å².